The monoisotopic (exact) mass is 906 g/mol. The van der Waals surface area contributed by atoms with Crippen LogP contribution in [0.25, 0.3) is 32.7 Å². The summed E-state index contributed by atoms with van der Waals surface area (Å²) in [6.45, 7) is 18.3. The lowest BCUT2D eigenvalue weighted by molar-refractivity contribution is 1.10. The van der Waals surface area contributed by atoms with Crippen molar-refractivity contribution in [3.8, 4) is 11.1 Å². The van der Waals surface area contributed by atoms with Crippen molar-refractivity contribution in [1.29, 1.82) is 0 Å². The third-order valence-corrected chi connectivity index (χ3v) is 18.1. The molecule has 66 heavy (non-hydrogen) atoms. The molecule has 0 aromatic heterocycles. The Balaban J connectivity index is 1.56. The normalized spacial score (nSPS) is 11.6. The summed E-state index contributed by atoms with van der Waals surface area (Å²) in [7, 11) is 15.2. The Kier molecular flexibility index (Phi) is 13.2. The van der Waals surface area contributed by atoms with Crippen molar-refractivity contribution >= 4 is 92.0 Å². The smallest absolute Gasteiger partial charge is 0.0420 e. The minimum Gasteiger partial charge on any atom is -0.377 e. The molecule has 338 valence electrons. The Hall–Kier alpha value is -5.66. The molecular formula is C60H68N4P2. The average molecular weight is 907 g/mol. The van der Waals surface area contributed by atoms with Crippen LogP contribution in [0.5, 0.6) is 0 Å². The summed E-state index contributed by atoms with van der Waals surface area (Å²) in [5.74, 6) is 0. The first-order valence-electron chi connectivity index (χ1n) is 23.2. The second-order valence-electron chi connectivity index (χ2n) is 19.3. The maximum atomic E-state index is 2.49. The van der Waals surface area contributed by atoms with Crippen LogP contribution in [-0.4, -0.2) is 56.4 Å². The molecule has 6 heteroatoms. The highest BCUT2D eigenvalue weighted by atomic mass is 31.1. The van der Waals surface area contributed by atoms with Gasteiger partial charge >= 0.3 is 0 Å². The Morgan fingerprint density at radius 2 is 0.515 bits per heavy atom. The molecule has 0 aliphatic heterocycles. The lowest BCUT2D eigenvalue weighted by atomic mass is 9.93. The Labute approximate surface area is 398 Å². The van der Waals surface area contributed by atoms with Crippen molar-refractivity contribution in [1.82, 2.24) is 0 Å². The van der Waals surface area contributed by atoms with Gasteiger partial charge in [0.25, 0.3) is 0 Å². The molecule has 0 heterocycles. The fourth-order valence-corrected chi connectivity index (χ4v) is 17.0. The number of rotatable bonds is 11. The van der Waals surface area contributed by atoms with Gasteiger partial charge < -0.3 is 19.6 Å². The van der Waals surface area contributed by atoms with E-state index >= 15 is 0 Å². The van der Waals surface area contributed by atoms with Crippen molar-refractivity contribution in [2.75, 3.05) is 76.0 Å². The zero-order chi connectivity index (χ0) is 47.5. The molecule has 0 atom stereocenters. The van der Waals surface area contributed by atoms with Gasteiger partial charge in [0.2, 0.25) is 0 Å². The van der Waals surface area contributed by atoms with Crippen molar-refractivity contribution in [3.05, 3.63) is 166 Å². The quantitative estimate of drug-likeness (QED) is 0.120. The van der Waals surface area contributed by atoms with Crippen LogP contribution < -0.4 is 51.4 Å². The number of fused-ring (bicyclic) bond motifs is 2. The zero-order valence-electron chi connectivity index (χ0n) is 42.2. The van der Waals surface area contributed by atoms with E-state index in [4.69, 9.17) is 0 Å². The molecule has 8 rings (SSSR count). The van der Waals surface area contributed by atoms with E-state index in [1.165, 1.54) is 132 Å². The first-order valence-corrected chi connectivity index (χ1v) is 25.8. The minimum absolute atomic E-state index is 1.07. The lowest BCUT2D eigenvalue weighted by Crippen LogP contribution is -2.28. The number of anilines is 4. The first kappa shape index (κ1) is 46.9. The Morgan fingerprint density at radius 1 is 0.288 bits per heavy atom. The van der Waals surface area contributed by atoms with Gasteiger partial charge in [0.05, 0.1) is 0 Å². The molecule has 8 aromatic rings. The highest BCUT2D eigenvalue weighted by Gasteiger charge is 2.30. The van der Waals surface area contributed by atoms with Crippen molar-refractivity contribution in [2.45, 2.75) is 55.4 Å². The molecular weight excluding hydrogens is 839 g/mol. The molecule has 8 aromatic carbocycles. The Morgan fingerprint density at radius 3 is 0.742 bits per heavy atom. The van der Waals surface area contributed by atoms with E-state index in [0.29, 0.717) is 0 Å². The molecule has 0 radical (unpaired) electrons. The maximum absolute atomic E-state index is 2.49. The van der Waals surface area contributed by atoms with Crippen LogP contribution in [0.2, 0.25) is 0 Å². The first-order chi connectivity index (χ1) is 31.4. The van der Waals surface area contributed by atoms with E-state index in [2.05, 4.69) is 253 Å². The number of hydrogen-bond acceptors (Lipinski definition) is 4. The second kappa shape index (κ2) is 18.6. The van der Waals surface area contributed by atoms with E-state index < -0.39 is 15.8 Å². The molecule has 0 N–H and O–H groups in total. The summed E-state index contributed by atoms with van der Waals surface area (Å²) >= 11 is 0. The third-order valence-electron chi connectivity index (χ3n) is 13.3. The molecule has 0 fully saturated rings. The van der Waals surface area contributed by atoms with Gasteiger partial charge in [-0.25, -0.2) is 0 Å². The van der Waals surface area contributed by atoms with Gasteiger partial charge in [-0.3, -0.25) is 0 Å². The summed E-state index contributed by atoms with van der Waals surface area (Å²) < 4.78 is 0. The van der Waals surface area contributed by atoms with Crippen LogP contribution in [0.4, 0.5) is 22.7 Å². The van der Waals surface area contributed by atoms with Gasteiger partial charge in [-0.2, -0.15) is 0 Å². The minimum atomic E-state index is -1.07. The summed E-state index contributed by atoms with van der Waals surface area (Å²) in [5.41, 5.74) is 18.3. The van der Waals surface area contributed by atoms with Crippen molar-refractivity contribution in [3.63, 3.8) is 0 Å². The molecule has 0 saturated heterocycles. The maximum Gasteiger partial charge on any atom is 0.0420 e. The summed E-state index contributed by atoms with van der Waals surface area (Å²) in [6.07, 6.45) is 0. The third kappa shape index (κ3) is 8.49. The number of aryl methyl sites for hydroxylation is 8. The van der Waals surface area contributed by atoms with Crippen LogP contribution in [0.15, 0.2) is 121 Å². The number of benzene rings is 8. The van der Waals surface area contributed by atoms with E-state index in [1.807, 2.05) is 0 Å². The number of hydrogen-bond donors (Lipinski definition) is 0. The van der Waals surface area contributed by atoms with Crippen molar-refractivity contribution in [2.24, 2.45) is 0 Å². The highest BCUT2D eigenvalue weighted by molar-refractivity contribution is 7.81. The average Bonchev–Trinajstić information content (AvgIpc) is 3.22. The molecule has 4 nitrogen and oxygen atoms in total. The zero-order valence-corrected chi connectivity index (χ0v) is 44.0. The van der Waals surface area contributed by atoms with Gasteiger partial charge in [-0.05, 0) is 229 Å². The second-order valence-corrected chi connectivity index (χ2v) is 23.7. The topological polar surface area (TPSA) is 13.0 Å². The SMILES string of the molecule is Cc1cc(P(c2cc(C)c(N(C)C)c(C)c2)c2ccc3ccccc3c2-c2c(P(c3cc(C)c(N(C)C)c(C)c3)c3cc(C)c(N(C)C)c(C)c3)ccc3ccccc23)cc(C)c1N(C)C. The van der Waals surface area contributed by atoms with Crippen LogP contribution in [0.1, 0.15) is 44.5 Å². The van der Waals surface area contributed by atoms with Gasteiger partial charge in [-0.15, -0.1) is 0 Å². The molecule has 0 aliphatic rings. The van der Waals surface area contributed by atoms with E-state index in [-0.39, 0.29) is 0 Å². The van der Waals surface area contributed by atoms with Gasteiger partial charge in [-0.1, -0.05) is 72.8 Å². The summed E-state index contributed by atoms with van der Waals surface area (Å²) in [4.78, 5) is 9.08. The fourth-order valence-electron chi connectivity index (χ4n) is 11.3. The van der Waals surface area contributed by atoms with E-state index in [0.717, 1.165) is 0 Å². The van der Waals surface area contributed by atoms with Crippen LogP contribution >= 0.6 is 15.8 Å². The van der Waals surface area contributed by atoms with Crippen molar-refractivity contribution < 1.29 is 0 Å². The van der Waals surface area contributed by atoms with Gasteiger partial charge in [0.1, 0.15) is 0 Å². The lowest BCUT2D eigenvalue weighted by Gasteiger charge is -2.31. The van der Waals surface area contributed by atoms with Crippen LogP contribution in [0.3, 0.4) is 0 Å². The summed E-state index contributed by atoms with van der Waals surface area (Å²) in [6, 6.07) is 47.9. The predicted octanol–water partition coefficient (Wildman–Crippen LogP) is 11.9. The molecule has 0 unspecified atom stereocenters. The largest absolute Gasteiger partial charge is 0.377 e. The number of nitrogens with zero attached hydrogens (tertiary/aromatic N) is 4. The summed E-state index contributed by atoms with van der Waals surface area (Å²) in [5, 5.41) is 13.3. The standard InChI is InChI=1S/C60H68N4P2/c1-37-29-47(30-38(2)57(37)61(9)10)65(48-31-39(3)58(62(11)12)40(4)32-48)53-27-25-45-21-17-19-23-51(45)55(53)56-52-24-20-18-22-46(52)26-28-54(56)66(49-33-41(5)59(63(13)14)42(6)34-49)50-35-43(7)60(64(15)16)44(8)36-50/h17-36H,1-16H3. The van der Waals surface area contributed by atoms with E-state index in [1.54, 1.807) is 0 Å². The molecule has 0 spiro atoms. The molecule has 0 aliphatic carbocycles. The van der Waals surface area contributed by atoms with E-state index in [9.17, 15) is 0 Å². The predicted molar refractivity (Wildman–Crippen MR) is 300 cm³/mol. The van der Waals surface area contributed by atoms with Crippen LogP contribution in [-0.2, 0) is 0 Å². The fraction of sp³-hybridized carbons (Fsp3) is 0.267. The van der Waals surface area contributed by atoms with Gasteiger partial charge in [0.15, 0.2) is 0 Å². The highest BCUT2D eigenvalue weighted by Crippen LogP contribution is 2.48. The van der Waals surface area contributed by atoms with Gasteiger partial charge in [0, 0.05) is 79.1 Å². The van der Waals surface area contributed by atoms with Crippen LogP contribution in [0, 0.1) is 55.4 Å². The Bertz CT molecular complexity index is 2730. The molecule has 0 amide bonds. The molecule has 0 saturated carbocycles. The molecule has 0 bridgehead atoms.